The van der Waals surface area contributed by atoms with E-state index in [9.17, 15) is 0 Å². The number of fused-ring (bicyclic) bond motifs is 1. The summed E-state index contributed by atoms with van der Waals surface area (Å²) >= 11 is 0. The van der Waals surface area contributed by atoms with Crippen molar-refractivity contribution in [1.29, 1.82) is 0 Å². The molecule has 3 nitrogen and oxygen atoms in total. The second-order valence-electron chi connectivity index (χ2n) is 6.76. The lowest BCUT2D eigenvalue weighted by Crippen LogP contribution is -2.53. The minimum atomic E-state index is 0.454. The van der Waals surface area contributed by atoms with Crippen molar-refractivity contribution in [3.8, 4) is 0 Å². The summed E-state index contributed by atoms with van der Waals surface area (Å²) in [4.78, 5) is 10.1. The largest absolute Gasteiger partial charge is 0.299 e. The molecule has 1 atom stereocenters. The molecule has 0 radical (unpaired) electrons. The van der Waals surface area contributed by atoms with Gasteiger partial charge in [-0.2, -0.15) is 0 Å². The number of nitrogens with zero attached hydrogens (tertiary/aromatic N) is 3. The Balaban J connectivity index is 1.30. The molecule has 112 valence electrons. The molecule has 0 amide bonds. The molecule has 4 rings (SSSR count). The zero-order chi connectivity index (χ0) is 14.1. The van der Waals surface area contributed by atoms with Crippen LogP contribution < -0.4 is 0 Å². The Bertz CT molecular complexity index is 513. The third-order valence-corrected chi connectivity index (χ3v) is 5.40. The number of aliphatic imine (C=N–C) groups is 1. The molecule has 1 saturated carbocycles. The normalized spacial score (nSPS) is 27.3. The van der Waals surface area contributed by atoms with E-state index in [1.54, 1.807) is 0 Å². The fourth-order valence-corrected chi connectivity index (χ4v) is 3.81. The zero-order valence-corrected chi connectivity index (χ0v) is 12.7. The van der Waals surface area contributed by atoms with E-state index < -0.39 is 0 Å². The predicted octanol–water partition coefficient (Wildman–Crippen LogP) is 2.20. The first-order chi connectivity index (χ1) is 10.4. The van der Waals surface area contributed by atoms with Crippen LogP contribution in [-0.2, 0) is 6.42 Å². The highest BCUT2D eigenvalue weighted by molar-refractivity contribution is 5.83. The van der Waals surface area contributed by atoms with E-state index in [1.165, 1.54) is 56.6 Å². The molecule has 0 spiro atoms. The minimum Gasteiger partial charge on any atom is -0.299 e. The first-order valence-corrected chi connectivity index (χ1v) is 8.46. The van der Waals surface area contributed by atoms with Crippen molar-refractivity contribution >= 4 is 6.21 Å². The molecule has 2 aliphatic heterocycles. The summed E-state index contributed by atoms with van der Waals surface area (Å²) in [6.45, 7) is 6.10. The molecule has 1 aromatic rings. The van der Waals surface area contributed by atoms with E-state index in [4.69, 9.17) is 4.99 Å². The molecule has 0 N–H and O–H groups in total. The molecule has 0 aromatic heterocycles. The van der Waals surface area contributed by atoms with Crippen molar-refractivity contribution in [2.75, 3.05) is 32.7 Å². The first-order valence-electron chi connectivity index (χ1n) is 8.46. The van der Waals surface area contributed by atoms with Crippen LogP contribution in [0.2, 0.25) is 0 Å². The van der Waals surface area contributed by atoms with Gasteiger partial charge in [0.25, 0.3) is 0 Å². The third kappa shape index (κ3) is 2.90. The Morgan fingerprint density at radius 3 is 2.62 bits per heavy atom. The lowest BCUT2D eigenvalue weighted by molar-refractivity contribution is 0.0595. The second-order valence-corrected chi connectivity index (χ2v) is 6.76. The Labute approximate surface area is 127 Å². The molecule has 0 bridgehead atoms. The van der Waals surface area contributed by atoms with Crippen molar-refractivity contribution in [1.82, 2.24) is 9.80 Å². The molecular formula is C18H25N3. The summed E-state index contributed by atoms with van der Waals surface area (Å²) in [5, 5.41) is 0. The van der Waals surface area contributed by atoms with Crippen LogP contribution in [0.25, 0.3) is 0 Å². The lowest BCUT2D eigenvalue weighted by Gasteiger charge is -2.43. The van der Waals surface area contributed by atoms with E-state index in [1.807, 2.05) is 0 Å². The summed E-state index contributed by atoms with van der Waals surface area (Å²) in [7, 11) is 0. The van der Waals surface area contributed by atoms with E-state index >= 15 is 0 Å². The Hall–Kier alpha value is -1.19. The van der Waals surface area contributed by atoms with Crippen LogP contribution in [0.15, 0.2) is 29.3 Å². The van der Waals surface area contributed by atoms with Gasteiger partial charge in [0, 0.05) is 45.0 Å². The van der Waals surface area contributed by atoms with E-state index in [0.717, 1.165) is 19.0 Å². The molecule has 3 heteroatoms. The Morgan fingerprint density at radius 1 is 1.05 bits per heavy atom. The summed E-state index contributed by atoms with van der Waals surface area (Å²) in [6.07, 6.45) is 7.50. The van der Waals surface area contributed by atoms with Crippen LogP contribution in [0.1, 0.15) is 30.4 Å². The average molecular weight is 283 g/mol. The van der Waals surface area contributed by atoms with E-state index in [-0.39, 0.29) is 0 Å². The molecule has 2 heterocycles. The van der Waals surface area contributed by atoms with Crippen LogP contribution in [0, 0.1) is 0 Å². The number of hydrogen-bond acceptors (Lipinski definition) is 3. The van der Waals surface area contributed by atoms with Gasteiger partial charge in [-0.1, -0.05) is 30.7 Å². The van der Waals surface area contributed by atoms with Crippen LogP contribution in [0.5, 0.6) is 0 Å². The molecule has 1 aromatic carbocycles. The molecule has 1 aliphatic carbocycles. The van der Waals surface area contributed by atoms with Crippen molar-refractivity contribution in [3.63, 3.8) is 0 Å². The van der Waals surface area contributed by atoms with Gasteiger partial charge in [0.2, 0.25) is 0 Å². The van der Waals surface area contributed by atoms with Gasteiger partial charge in [-0.3, -0.25) is 14.8 Å². The van der Waals surface area contributed by atoms with Gasteiger partial charge < -0.3 is 0 Å². The smallest absolute Gasteiger partial charge is 0.0667 e. The summed E-state index contributed by atoms with van der Waals surface area (Å²) in [5.41, 5.74) is 2.77. The molecular weight excluding hydrogens is 258 g/mol. The van der Waals surface area contributed by atoms with Gasteiger partial charge in [0.05, 0.1) is 6.04 Å². The number of hydrogen-bond donors (Lipinski definition) is 0. The molecule has 2 fully saturated rings. The summed E-state index contributed by atoms with van der Waals surface area (Å²) in [6, 6.07) is 10.0. The number of rotatable bonds is 3. The lowest BCUT2D eigenvalue weighted by atomic mass is 9.91. The van der Waals surface area contributed by atoms with Crippen molar-refractivity contribution in [2.24, 2.45) is 4.99 Å². The zero-order valence-electron chi connectivity index (χ0n) is 12.7. The topological polar surface area (TPSA) is 18.8 Å². The molecule has 3 aliphatic rings. The predicted molar refractivity (Wildman–Crippen MR) is 87.2 cm³/mol. The molecule has 0 unspecified atom stereocenters. The van der Waals surface area contributed by atoms with Crippen LogP contribution in [0.4, 0.5) is 0 Å². The van der Waals surface area contributed by atoms with Gasteiger partial charge in [-0.25, -0.2) is 0 Å². The quantitative estimate of drug-likeness (QED) is 0.847. The van der Waals surface area contributed by atoms with Crippen LogP contribution in [0.3, 0.4) is 0 Å². The monoisotopic (exact) mass is 283 g/mol. The highest BCUT2D eigenvalue weighted by Crippen LogP contribution is 2.25. The van der Waals surface area contributed by atoms with Gasteiger partial charge in [0.15, 0.2) is 0 Å². The van der Waals surface area contributed by atoms with Crippen molar-refractivity contribution < 1.29 is 0 Å². The van der Waals surface area contributed by atoms with E-state index in [2.05, 4.69) is 40.3 Å². The first kappa shape index (κ1) is 13.5. The van der Waals surface area contributed by atoms with Gasteiger partial charge in [-0.15, -0.1) is 0 Å². The number of benzene rings is 1. The highest BCUT2D eigenvalue weighted by atomic mass is 15.3. The third-order valence-electron chi connectivity index (χ3n) is 5.40. The maximum Gasteiger partial charge on any atom is 0.0667 e. The van der Waals surface area contributed by atoms with Gasteiger partial charge in [0.1, 0.15) is 0 Å². The maximum atomic E-state index is 4.77. The van der Waals surface area contributed by atoms with Gasteiger partial charge in [-0.05, 0) is 30.4 Å². The van der Waals surface area contributed by atoms with Crippen molar-refractivity contribution in [3.05, 3.63) is 35.4 Å². The standard InChI is InChI=1S/C18H25N3/c1-2-5-16-13-19-17(12-15(16)4-1)14-20-8-10-21(11-9-20)18-6-3-7-18/h1-2,4-5,13,17-18H,3,6-12,14H2/t17-/m0/s1. The molecule has 1 saturated heterocycles. The van der Waals surface area contributed by atoms with Crippen LogP contribution >= 0.6 is 0 Å². The SMILES string of the molecule is C1=N[C@H](CN2CCN(C3CCC3)CC2)Cc2ccccc21. The Morgan fingerprint density at radius 2 is 1.86 bits per heavy atom. The fraction of sp³-hybridized carbons (Fsp3) is 0.611. The van der Waals surface area contributed by atoms with Crippen LogP contribution in [-0.4, -0.2) is 60.8 Å². The minimum absolute atomic E-state index is 0.454. The maximum absolute atomic E-state index is 4.77. The summed E-state index contributed by atoms with van der Waals surface area (Å²) in [5.74, 6) is 0. The average Bonchev–Trinajstić information content (AvgIpc) is 2.47. The number of piperazine rings is 1. The van der Waals surface area contributed by atoms with E-state index in [0.29, 0.717) is 6.04 Å². The second kappa shape index (κ2) is 5.90. The highest BCUT2D eigenvalue weighted by Gasteiger charge is 2.28. The summed E-state index contributed by atoms with van der Waals surface area (Å²) < 4.78 is 0. The fourth-order valence-electron chi connectivity index (χ4n) is 3.81. The molecule has 21 heavy (non-hydrogen) atoms. The van der Waals surface area contributed by atoms with Gasteiger partial charge >= 0.3 is 0 Å². The van der Waals surface area contributed by atoms with Crippen molar-refractivity contribution in [2.45, 2.75) is 37.8 Å². The Kier molecular flexibility index (Phi) is 3.78.